The van der Waals surface area contributed by atoms with E-state index in [9.17, 15) is 9.18 Å². The van der Waals surface area contributed by atoms with E-state index in [-0.39, 0.29) is 25.3 Å². The van der Waals surface area contributed by atoms with Crippen LogP contribution in [-0.4, -0.2) is 42.5 Å². The Bertz CT molecular complexity index is 579. The number of cyclic esters (lactones) is 1. The third-order valence-electron chi connectivity index (χ3n) is 4.40. The Morgan fingerprint density at radius 3 is 2.64 bits per heavy atom. The Hall–Kier alpha value is -2.13. The smallest absolute Gasteiger partial charge is 0.415 e. The summed E-state index contributed by atoms with van der Waals surface area (Å²) in [5.41, 5.74) is -0.615. The number of benzene rings is 1. The first-order chi connectivity index (χ1) is 10.6. The van der Waals surface area contributed by atoms with Crippen LogP contribution in [0.1, 0.15) is 19.3 Å². The van der Waals surface area contributed by atoms with Gasteiger partial charge in [-0.2, -0.15) is 5.26 Å². The molecule has 0 aromatic heterocycles. The maximum atomic E-state index is 14.4. The van der Waals surface area contributed by atoms with E-state index in [1.165, 1.54) is 0 Å². The van der Waals surface area contributed by atoms with Gasteiger partial charge in [0.2, 0.25) is 0 Å². The molecule has 0 bridgehead atoms. The van der Waals surface area contributed by atoms with Gasteiger partial charge in [-0.25, -0.2) is 9.18 Å². The van der Waals surface area contributed by atoms with Gasteiger partial charge in [-0.1, -0.05) is 18.2 Å². The Balaban J connectivity index is 1.72. The van der Waals surface area contributed by atoms with E-state index in [1.807, 2.05) is 36.4 Å². The number of anilines is 1. The Kier molecular flexibility index (Phi) is 3.99. The summed E-state index contributed by atoms with van der Waals surface area (Å²) < 4.78 is 19.6. The summed E-state index contributed by atoms with van der Waals surface area (Å²) in [5, 5.41) is 8.71. The molecule has 1 aromatic rings. The number of amides is 1. The van der Waals surface area contributed by atoms with Crippen LogP contribution in [0.4, 0.5) is 14.9 Å². The van der Waals surface area contributed by atoms with Crippen molar-refractivity contribution in [1.29, 1.82) is 5.26 Å². The van der Waals surface area contributed by atoms with Crippen molar-refractivity contribution in [1.82, 2.24) is 4.90 Å². The van der Waals surface area contributed by atoms with Gasteiger partial charge in [0.1, 0.15) is 18.4 Å². The molecule has 2 fully saturated rings. The van der Waals surface area contributed by atoms with Gasteiger partial charge >= 0.3 is 6.09 Å². The monoisotopic (exact) mass is 303 g/mol. The molecular formula is C16H18FN3O2. The fourth-order valence-corrected chi connectivity index (χ4v) is 3.09. The molecule has 2 aliphatic rings. The zero-order valence-electron chi connectivity index (χ0n) is 12.2. The number of ether oxygens (including phenoxy) is 1. The summed E-state index contributed by atoms with van der Waals surface area (Å²) in [7, 11) is 0. The molecule has 2 aliphatic heterocycles. The normalized spacial score (nSPS) is 24.8. The molecule has 116 valence electrons. The average Bonchev–Trinajstić information content (AvgIpc) is 2.91. The molecule has 1 aromatic carbocycles. The molecule has 22 heavy (non-hydrogen) atoms. The van der Waals surface area contributed by atoms with Gasteiger partial charge in [-0.15, -0.1) is 0 Å². The lowest BCUT2D eigenvalue weighted by molar-refractivity contribution is 0.0387. The van der Waals surface area contributed by atoms with Crippen LogP contribution in [0.3, 0.4) is 0 Å². The summed E-state index contributed by atoms with van der Waals surface area (Å²) in [6, 6.07) is 11.3. The van der Waals surface area contributed by atoms with E-state index in [1.54, 1.807) is 4.90 Å². The predicted molar refractivity (Wildman–Crippen MR) is 78.9 cm³/mol. The van der Waals surface area contributed by atoms with Gasteiger partial charge in [-0.3, -0.25) is 9.80 Å². The first-order valence-electron chi connectivity index (χ1n) is 7.44. The molecule has 0 N–H and O–H groups in total. The summed E-state index contributed by atoms with van der Waals surface area (Å²) in [6.45, 7) is 1.32. The number of rotatable bonds is 3. The van der Waals surface area contributed by atoms with Crippen LogP contribution in [0.15, 0.2) is 30.3 Å². The number of nitrogens with zero attached hydrogens (tertiary/aromatic N) is 3. The van der Waals surface area contributed by atoms with Crippen molar-refractivity contribution >= 4 is 11.8 Å². The molecule has 0 radical (unpaired) electrons. The second kappa shape index (κ2) is 5.93. The highest BCUT2D eigenvalue weighted by Gasteiger charge is 2.42. The number of halogens is 1. The van der Waals surface area contributed by atoms with Crippen LogP contribution in [0.2, 0.25) is 0 Å². The number of alkyl halides is 1. The van der Waals surface area contributed by atoms with Crippen LogP contribution >= 0.6 is 0 Å². The largest absolute Gasteiger partial charge is 0.445 e. The van der Waals surface area contributed by atoms with Crippen molar-refractivity contribution in [3.05, 3.63) is 30.3 Å². The minimum atomic E-state index is -1.40. The molecule has 2 saturated heterocycles. The van der Waals surface area contributed by atoms with E-state index >= 15 is 0 Å². The van der Waals surface area contributed by atoms with E-state index in [0.29, 0.717) is 25.9 Å². The van der Waals surface area contributed by atoms with Gasteiger partial charge in [0, 0.05) is 18.8 Å². The fraction of sp³-hybridized carbons (Fsp3) is 0.500. The fourth-order valence-electron chi connectivity index (χ4n) is 3.09. The first-order valence-corrected chi connectivity index (χ1v) is 7.44. The lowest BCUT2D eigenvalue weighted by atomic mass is 9.90. The molecular weight excluding hydrogens is 285 g/mol. The van der Waals surface area contributed by atoms with Crippen LogP contribution in [0.25, 0.3) is 0 Å². The molecule has 0 spiro atoms. The van der Waals surface area contributed by atoms with Gasteiger partial charge in [-0.05, 0) is 25.0 Å². The van der Waals surface area contributed by atoms with E-state index in [0.717, 1.165) is 5.69 Å². The molecule has 0 aliphatic carbocycles. The third-order valence-corrected chi connectivity index (χ3v) is 4.40. The quantitative estimate of drug-likeness (QED) is 0.861. The zero-order chi connectivity index (χ0) is 15.6. The molecule has 5 nitrogen and oxygen atoms in total. The van der Waals surface area contributed by atoms with Gasteiger partial charge in [0.05, 0.1) is 12.5 Å². The molecule has 6 heteroatoms. The topological polar surface area (TPSA) is 56.6 Å². The van der Waals surface area contributed by atoms with Crippen LogP contribution < -0.4 is 4.90 Å². The standard InChI is InChI=1S/C16H18FN3O2/c17-16(6-9-18)7-10-19(11-8-16)14-12-22-15(21)20(14)13-4-2-1-3-5-13/h1-5,14H,6-8,10-12H2. The van der Waals surface area contributed by atoms with Crippen LogP contribution in [-0.2, 0) is 4.74 Å². The van der Waals surface area contributed by atoms with Gasteiger partial charge in [0.25, 0.3) is 0 Å². The summed E-state index contributed by atoms with van der Waals surface area (Å²) in [5.74, 6) is 0. The first kappa shape index (κ1) is 14.8. The van der Waals surface area contributed by atoms with Gasteiger partial charge < -0.3 is 4.74 Å². The second-order valence-corrected chi connectivity index (χ2v) is 5.78. The van der Waals surface area contributed by atoms with Crippen molar-refractivity contribution in [2.24, 2.45) is 0 Å². The Morgan fingerprint density at radius 1 is 1.32 bits per heavy atom. The number of piperidine rings is 1. The lowest BCUT2D eigenvalue weighted by Gasteiger charge is -2.39. The van der Waals surface area contributed by atoms with Crippen molar-refractivity contribution in [3.63, 3.8) is 0 Å². The van der Waals surface area contributed by atoms with Crippen LogP contribution in [0, 0.1) is 11.3 Å². The molecule has 1 atom stereocenters. The van der Waals surface area contributed by atoms with Crippen molar-refractivity contribution in [3.8, 4) is 6.07 Å². The maximum Gasteiger partial charge on any atom is 0.415 e. The highest BCUT2D eigenvalue weighted by Crippen LogP contribution is 2.33. The SMILES string of the molecule is N#CCC1(F)CCN(C2COC(=O)N2c2ccccc2)CC1. The number of hydrogen-bond donors (Lipinski definition) is 0. The highest BCUT2D eigenvalue weighted by molar-refractivity contribution is 5.90. The molecule has 1 amide bonds. The average molecular weight is 303 g/mol. The highest BCUT2D eigenvalue weighted by atomic mass is 19.1. The number of carbonyl (C=O) groups excluding carboxylic acids is 1. The number of hydrogen-bond acceptors (Lipinski definition) is 4. The molecule has 0 saturated carbocycles. The molecule has 2 heterocycles. The second-order valence-electron chi connectivity index (χ2n) is 5.78. The number of nitriles is 1. The number of para-hydroxylation sites is 1. The van der Waals surface area contributed by atoms with Crippen LogP contribution in [0.5, 0.6) is 0 Å². The molecule has 3 rings (SSSR count). The van der Waals surface area contributed by atoms with Crippen molar-refractivity contribution in [2.75, 3.05) is 24.6 Å². The van der Waals surface area contributed by atoms with E-state index in [2.05, 4.69) is 4.90 Å². The van der Waals surface area contributed by atoms with E-state index in [4.69, 9.17) is 10.00 Å². The zero-order valence-corrected chi connectivity index (χ0v) is 12.2. The summed E-state index contributed by atoms with van der Waals surface area (Å²) in [4.78, 5) is 15.7. The predicted octanol–water partition coefficient (Wildman–Crippen LogP) is 2.69. The van der Waals surface area contributed by atoms with Gasteiger partial charge in [0.15, 0.2) is 0 Å². The van der Waals surface area contributed by atoms with E-state index < -0.39 is 5.67 Å². The number of carbonyl (C=O) groups is 1. The third kappa shape index (κ3) is 2.77. The Morgan fingerprint density at radius 2 is 2.00 bits per heavy atom. The minimum Gasteiger partial charge on any atom is -0.445 e. The maximum absolute atomic E-state index is 14.4. The summed E-state index contributed by atoms with van der Waals surface area (Å²) >= 11 is 0. The minimum absolute atomic E-state index is 0.0661. The number of likely N-dealkylation sites (tertiary alicyclic amines) is 1. The van der Waals surface area contributed by atoms with Crippen molar-refractivity contribution in [2.45, 2.75) is 31.1 Å². The molecule has 1 unspecified atom stereocenters. The lowest BCUT2D eigenvalue weighted by Crippen LogP contribution is -2.53. The summed E-state index contributed by atoms with van der Waals surface area (Å²) in [6.07, 6.45) is -0.0164. The van der Waals surface area contributed by atoms with Crippen molar-refractivity contribution < 1.29 is 13.9 Å². The Labute approximate surface area is 128 Å².